The Morgan fingerprint density at radius 3 is 3.06 bits per heavy atom. The number of hydrogen-bond donors (Lipinski definition) is 1. The van der Waals surface area contributed by atoms with Crippen LogP contribution >= 0.6 is 0 Å². The Morgan fingerprint density at radius 2 is 2.33 bits per heavy atom. The lowest BCUT2D eigenvalue weighted by Gasteiger charge is -2.36. The molecule has 0 spiro atoms. The molecule has 102 valence electrons. The minimum absolute atomic E-state index is 0.641. The number of hydrogen-bond acceptors (Lipinski definition) is 3. The van der Waals surface area contributed by atoms with Gasteiger partial charge in [-0.15, -0.1) is 0 Å². The van der Waals surface area contributed by atoms with Gasteiger partial charge in [0.25, 0.3) is 0 Å². The predicted octanol–water partition coefficient (Wildman–Crippen LogP) is 1.59. The van der Waals surface area contributed by atoms with Gasteiger partial charge >= 0.3 is 0 Å². The van der Waals surface area contributed by atoms with Crippen molar-refractivity contribution in [1.82, 2.24) is 20.0 Å². The molecule has 0 aromatic carbocycles. The fourth-order valence-electron chi connectivity index (χ4n) is 2.87. The Labute approximate surface area is 110 Å². The highest BCUT2D eigenvalue weighted by Gasteiger charge is 2.23. The molecule has 2 unspecified atom stereocenters. The molecule has 2 heterocycles. The number of rotatable bonds is 6. The van der Waals surface area contributed by atoms with Crippen molar-refractivity contribution < 1.29 is 0 Å². The first-order valence-corrected chi connectivity index (χ1v) is 7.22. The van der Waals surface area contributed by atoms with E-state index in [-0.39, 0.29) is 0 Å². The number of nitrogens with one attached hydrogen (secondary N) is 1. The predicted molar refractivity (Wildman–Crippen MR) is 74.5 cm³/mol. The first kappa shape index (κ1) is 13.6. The van der Waals surface area contributed by atoms with Gasteiger partial charge in [0.15, 0.2) is 0 Å². The molecule has 4 heteroatoms. The van der Waals surface area contributed by atoms with E-state index < -0.39 is 0 Å². The van der Waals surface area contributed by atoms with Crippen molar-refractivity contribution in [2.45, 2.75) is 39.3 Å². The zero-order chi connectivity index (χ0) is 12.8. The molecule has 1 aliphatic rings. The molecule has 2 rings (SSSR count). The number of likely N-dealkylation sites (tertiary alicyclic amines) is 1. The zero-order valence-corrected chi connectivity index (χ0v) is 11.7. The summed E-state index contributed by atoms with van der Waals surface area (Å²) in [5.41, 5.74) is 0. The molecular formula is C14H26N4. The second-order valence-electron chi connectivity index (χ2n) is 5.32. The van der Waals surface area contributed by atoms with Gasteiger partial charge in [0.1, 0.15) is 0 Å². The second kappa shape index (κ2) is 6.90. The molecule has 1 aliphatic heterocycles. The highest BCUT2D eigenvalue weighted by molar-refractivity contribution is 4.81. The molecule has 18 heavy (non-hydrogen) atoms. The van der Waals surface area contributed by atoms with E-state index in [4.69, 9.17) is 0 Å². The molecule has 1 fully saturated rings. The Balaban J connectivity index is 1.76. The Morgan fingerprint density at radius 1 is 1.44 bits per heavy atom. The monoisotopic (exact) mass is 250 g/mol. The van der Waals surface area contributed by atoms with Gasteiger partial charge in [-0.3, -0.25) is 4.68 Å². The Kier molecular flexibility index (Phi) is 5.20. The first-order valence-electron chi connectivity index (χ1n) is 7.22. The van der Waals surface area contributed by atoms with Gasteiger partial charge in [0, 0.05) is 31.5 Å². The van der Waals surface area contributed by atoms with Crippen molar-refractivity contribution in [1.29, 1.82) is 0 Å². The van der Waals surface area contributed by atoms with Crippen molar-refractivity contribution >= 4 is 0 Å². The summed E-state index contributed by atoms with van der Waals surface area (Å²) in [6.07, 6.45) is 6.60. The van der Waals surface area contributed by atoms with E-state index in [0.717, 1.165) is 25.6 Å². The maximum Gasteiger partial charge on any atom is 0.0536 e. The summed E-state index contributed by atoms with van der Waals surface area (Å²) in [6.45, 7) is 10.2. The summed E-state index contributed by atoms with van der Waals surface area (Å²) < 4.78 is 2.03. The summed E-state index contributed by atoms with van der Waals surface area (Å²) in [5, 5.41) is 7.82. The maximum atomic E-state index is 4.26. The van der Waals surface area contributed by atoms with E-state index in [1.807, 2.05) is 23.1 Å². The van der Waals surface area contributed by atoms with Gasteiger partial charge in [-0.2, -0.15) is 5.10 Å². The van der Waals surface area contributed by atoms with Crippen LogP contribution in [-0.2, 0) is 6.54 Å². The highest BCUT2D eigenvalue weighted by atomic mass is 15.3. The van der Waals surface area contributed by atoms with Gasteiger partial charge < -0.3 is 10.2 Å². The Bertz CT molecular complexity index is 323. The molecule has 0 radical (unpaired) electrons. The topological polar surface area (TPSA) is 33.1 Å². The van der Waals surface area contributed by atoms with Crippen LogP contribution in [0.1, 0.15) is 26.7 Å². The van der Waals surface area contributed by atoms with Crippen LogP contribution in [0.5, 0.6) is 0 Å². The highest BCUT2D eigenvalue weighted by Crippen LogP contribution is 2.19. The lowest BCUT2D eigenvalue weighted by molar-refractivity contribution is 0.146. The molecule has 0 amide bonds. The molecular weight excluding hydrogens is 224 g/mol. The molecule has 2 atom stereocenters. The average molecular weight is 250 g/mol. The lowest BCUT2D eigenvalue weighted by Crippen LogP contribution is -2.45. The summed E-state index contributed by atoms with van der Waals surface area (Å²) in [5.74, 6) is 0.802. The van der Waals surface area contributed by atoms with E-state index in [9.17, 15) is 0 Å². The molecule has 4 nitrogen and oxygen atoms in total. The second-order valence-corrected chi connectivity index (χ2v) is 5.32. The minimum atomic E-state index is 0.641. The van der Waals surface area contributed by atoms with E-state index in [1.165, 1.54) is 25.9 Å². The SMILES string of the molecule is CCNC(C)C1CCCN(CCn2cccn2)C1. The van der Waals surface area contributed by atoms with Crippen LogP contribution in [0.25, 0.3) is 0 Å². The summed E-state index contributed by atoms with van der Waals surface area (Å²) in [4.78, 5) is 2.59. The van der Waals surface area contributed by atoms with Crippen LogP contribution in [-0.4, -0.2) is 46.9 Å². The van der Waals surface area contributed by atoms with Crippen LogP contribution in [0, 0.1) is 5.92 Å². The molecule has 1 aromatic rings. The molecule has 0 saturated carbocycles. The molecule has 1 aromatic heterocycles. The van der Waals surface area contributed by atoms with Crippen LogP contribution in [0.2, 0.25) is 0 Å². The molecule has 0 aliphatic carbocycles. The summed E-state index contributed by atoms with van der Waals surface area (Å²) in [7, 11) is 0. The molecule has 1 N–H and O–H groups in total. The quantitative estimate of drug-likeness (QED) is 0.832. The minimum Gasteiger partial charge on any atom is -0.314 e. The largest absolute Gasteiger partial charge is 0.314 e. The van der Waals surface area contributed by atoms with Crippen LogP contribution < -0.4 is 5.32 Å². The molecule has 0 bridgehead atoms. The van der Waals surface area contributed by atoms with Crippen molar-refractivity contribution in [2.75, 3.05) is 26.2 Å². The van der Waals surface area contributed by atoms with Crippen LogP contribution in [0.15, 0.2) is 18.5 Å². The first-order chi connectivity index (χ1) is 8.79. The smallest absolute Gasteiger partial charge is 0.0536 e. The maximum absolute atomic E-state index is 4.26. The van der Waals surface area contributed by atoms with E-state index in [2.05, 4.69) is 29.2 Å². The lowest BCUT2D eigenvalue weighted by atomic mass is 9.91. The van der Waals surface area contributed by atoms with Gasteiger partial charge in [0.05, 0.1) is 6.54 Å². The van der Waals surface area contributed by atoms with Crippen molar-refractivity contribution in [3.05, 3.63) is 18.5 Å². The van der Waals surface area contributed by atoms with Crippen LogP contribution in [0.4, 0.5) is 0 Å². The van der Waals surface area contributed by atoms with Gasteiger partial charge in [-0.1, -0.05) is 6.92 Å². The van der Waals surface area contributed by atoms with Gasteiger partial charge in [-0.25, -0.2) is 0 Å². The number of nitrogens with zero attached hydrogens (tertiary/aromatic N) is 3. The fourth-order valence-corrected chi connectivity index (χ4v) is 2.87. The third-order valence-electron chi connectivity index (χ3n) is 3.98. The Hall–Kier alpha value is -0.870. The standard InChI is InChI=1S/C14H26N4/c1-3-15-13(2)14-6-4-8-17(12-14)10-11-18-9-5-7-16-18/h5,7,9,13-15H,3-4,6,8,10-12H2,1-2H3. The van der Waals surface area contributed by atoms with Crippen molar-refractivity contribution in [3.8, 4) is 0 Å². The van der Waals surface area contributed by atoms with Crippen LogP contribution in [0.3, 0.4) is 0 Å². The fraction of sp³-hybridized carbons (Fsp3) is 0.786. The molecule has 1 saturated heterocycles. The third-order valence-corrected chi connectivity index (χ3v) is 3.98. The van der Waals surface area contributed by atoms with Crippen molar-refractivity contribution in [2.24, 2.45) is 5.92 Å². The van der Waals surface area contributed by atoms with Crippen molar-refractivity contribution in [3.63, 3.8) is 0 Å². The number of piperidine rings is 1. The zero-order valence-electron chi connectivity index (χ0n) is 11.7. The van der Waals surface area contributed by atoms with Gasteiger partial charge in [-0.05, 0) is 44.8 Å². The summed E-state index contributed by atoms with van der Waals surface area (Å²) >= 11 is 0. The summed E-state index contributed by atoms with van der Waals surface area (Å²) in [6, 6.07) is 2.63. The van der Waals surface area contributed by atoms with E-state index in [1.54, 1.807) is 0 Å². The third kappa shape index (κ3) is 3.82. The van der Waals surface area contributed by atoms with Gasteiger partial charge in [0.2, 0.25) is 0 Å². The average Bonchev–Trinajstić information content (AvgIpc) is 2.90. The van der Waals surface area contributed by atoms with E-state index in [0.29, 0.717) is 6.04 Å². The normalized spacial score (nSPS) is 23.1. The number of aromatic nitrogens is 2. The van der Waals surface area contributed by atoms with E-state index >= 15 is 0 Å².